The molecule has 2 aliphatic rings. The summed E-state index contributed by atoms with van der Waals surface area (Å²) in [6.45, 7) is 0.649. The number of sulfonamides is 1. The Morgan fingerprint density at radius 2 is 1.72 bits per heavy atom. The first-order valence-electron chi connectivity index (χ1n) is 9.64. The molecule has 1 N–H and O–H groups in total. The average molecular weight is 404 g/mol. The lowest BCUT2D eigenvalue weighted by Gasteiger charge is -2.37. The zero-order valence-corrected chi connectivity index (χ0v) is 16.6. The van der Waals surface area contributed by atoms with Gasteiger partial charge in [0.1, 0.15) is 5.82 Å². The smallest absolute Gasteiger partial charge is 0.239 e. The summed E-state index contributed by atoms with van der Waals surface area (Å²) in [6.07, 6.45) is 5.37. The first-order valence-corrected chi connectivity index (χ1v) is 11.3. The molecule has 0 amide bonds. The number of hydrogen-bond donors (Lipinski definition) is 1. The van der Waals surface area contributed by atoms with E-state index >= 15 is 0 Å². The monoisotopic (exact) mass is 403 g/mol. The highest BCUT2D eigenvalue weighted by molar-refractivity contribution is 7.88. The van der Waals surface area contributed by atoms with Crippen LogP contribution in [-0.4, -0.2) is 24.3 Å². The molecular formula is C23H21N3O2S. The van der Waals surface area contributed by atoms with E-state index in [9.17, 15) is 8.42 Å². The minimum atomic E-state index is -3.57. The van der Waals surface area contributed by atoms with Crippen molar-refractivity contribution in [2.45, 2.75) is 17.7 Å². The molecule has 146 valence electrons. The van der Waals surface area contributed by atoms with Gasteiger partial charge in [-0.3, -0.25) is 4.31 Å². The fraction of sp³-hybridized carbons (Fsp3) is 0.174. The summed E-state index contributed by atoms with van der Waals surface area (Å²) >= 11 is 0. The highest BCUT2D eigenvalue weighted by Gasteiger charge is 2.40. The van der Waals surface area contributed by atoms with E-state index in [0.717, 1.165) is 28.1 Å². The van der Waals surface area contributed by atoms with Gasteiger partial charge >= 0.3 is 0 Å². The number of pyridine rings is 1. The van der Waals surface area contributed by atoms with Crippen molar-refractivity contribution in [3.05, 3.63) is 101 Å². The van der Waals surface area contributed by atoms with E-state index in [4.69, 9.17) is 0 Å². The van der Waals surface area contributed by atoms with Crippen LogP contribution in [0.15, 0.2) is 79.1 Å². The molecule has 0 fully saturated rings. The number of fused-ring (bicyclic) bond motifs is 2. The van der Waals surface area contributed by atoms with Gasteiger partial charge in [-0.25, -0.2) is 13.4 Å². The molecule has 0 saturated heterocycles. The number of rotatable bonds is 4. The van der Waals surface area contributed by atoms with Crippen LogP contribution in [0.25, 0.3) is 6.08 Å². The van der Waals surface area contributed by atoms with E-state index in [1.807, 2.05) is 72.8 Å². The second kappa shape index (κ2) is 7.04. The Balaban J connectivity index is 1.59. The molecule has 0 aliphatic carbocycles. The van der Waals surface area contributed by atoms with Gasteiger partial charge in [0.2, 0.25) is 10.0 Å². The molecule has 3 heterocycles. The van der Waals surface area contributed by atoms with Crippen LogP contribution in [0.1, 0.15) is 34.2 Å². The molecule has 1 aromatic heterocycles. The number of aromatic nitrogens is 1. The van der Waals surface area contributed by atoms with E-state index < -0.39 is 10.0 Å². The van der Waals surface area contributed by atoms with Crippen molar-refractivity contribution >= 4 is 21.9 Å². The van der Waals surface area contributed by atoms with Gasteiger partial charge in [0, 0.05) is 30.4 Å². The number of nitrogens with one attached hydrogen (secondary N) is 1. The van der Waals surface area contributed by atoms with Crippen molar-refractivity contribution < 1.29 is 8.42 Å². The largest absolute Gasteiger partial charge is 0.369 e. The van der Waals surface area contributed by atoms with Crippen molar-refractivity contribution in [1.29, 1.82) is 0 Å². The molecule has 3 aromatic rings. The number of anilines is 1. The van der Waals surface area contributed by atoms with E-state index in [2.05, 4.69) is 10.3 Å². The normalized spacial score (nSPS) is 20.1. The predicted octanol–water partition coefficient (Wildman–Crippen LogP) is 4.15. The van der Waals surface area contributed by atoms with Gasteiger partial charge < -0.3 is 5.32 Å². The third-order valence-corrected chi connectivity index (χ3v) is 7.30. The fourth-order valence-corrected chi connectivity index (χ4v) is 5.91. The van der Waals surface area contributed by atoms with Crippen molar-refractivity contribution in [2.75, 3.05) is 11.9 Å². The Kier molecular flexibility index (Phi) is 4.36. The minimum Gasteiger partial charge on any atom is -0.369 e. The molecule has 2 atom stereocenters. The van der Waals surface area contributed by atoms with Crippen molar-refractivity contribution in [3.63, 3.8) is 0 Å². The number of benzene rings is 2. The SMILES string of the molecule is O=S(=O)(Cc1ccccc1)N1C=Cc2ccccc2C1C1CNc2ncccc21. The van der Waals surface area contributed by atoms with Crippen LogP contribution in [0.2, 0.25) is 0 Å². The molecule has 0 spiro atoms. The third-order valence-electron chi connectivity index (χ3n) is 5.61. The molecule has 2 aromatic carbocycles. The summed E-state index contributed by atoms with van der Waals surface area (Å²) in [5.41, 5.74) is 3.92. The van der Waals surface area contributed by atoms with Gasteiger partial charge in [0.25, 0.3) is 0 Å². The summed E-state index contributed by atoms with van der Waals surface area (Å²) in [5.74, 6) is 0.789. The lowest BCUT2D eigenvalue weighted by atomic mass is 9.85. The molecule has 5 rings (SSSR count). The first kappa shape index (κ1) is 17.9. The Hall–Kier alpha value is -3.12. The van der Waals surface area contributed by atoms with Crippen molar-refractivity contribution in [2.24, 2.45) is 0 Å². The molecule has 6 heteroatoms. The molecule has 5 nitrogen and oxygen atoms in total. The number of hydrogen-bond acceptors (Lipinski definition) is 4. The quantitative estimate of drug-likeness (QED) is 0.711. The summed E-state index contributed by atoms with van der Waals surface area (Å²) in [4.78, 5) is 4.42. The van der Waals surface area contributed by atoms with Gasteiger partial charge in [0.05, 0.1) is 11.8 Å². The lowest BCUT2D eigenvalue weighted by Crippen LogP contribution is -2.37. The molecule has 2 aliphatic heterocycles. The van der Waals surface area contributed by atoms with Crippen LogP contribution < -0.4 is 5.32 Å². The molecule has 2 unspecified atom stereocenters. The molecule has 29 heavy (non-hydrogen) atoms. The topological polar surface area (TPSA) is 62.3 Å². The van der Waals surface area contributed by atoms with Crippen molar-refractivity contribution in [1.82, 2.24) is 9.29 Å². The van der Waals surface area contributed by atoms with Crippen LogP contribution in [0.5, 0.6) is 0 Å². The first-order chi connectivity index (χ1) is 14.1. The van der Waals surface area contributed by atoms with E-state index in [1.54, 1.807) is 16.7 Å². The highest BCUT2D eigenvalue weighted by Crippen LogP contribution is 2.46. The van der Waals surface area contributed by atoms with Crippen molar-refractivity contribution in [3.8, 4) is 0 Å². The molecule has 0 saturated carbocycles. The van der Waals surface area contributed by atoms with Gasteiger partial charge in [0.15, 0.2) is 0 Å². The Morgan fingerprint density at radius 1 is 0.966 bits per heavy atom. The van der Waals surface area contributed by atoms with E-state index in [-0.39, 0.29) is 17.7 Å². The minimum absolute atomic E-state index is 0.0182. The number of nitrogens with zero attached hydrogens (tertiary/aromatic N) is 2. The highest BCUT2D eigenvalue weighted by atomic mass is 32.2. The van der Waals surface area contributed by atoms with Crippen LogP contribution in [0.3, 0.4) is 0 Å². The van der Waals surface area contributed by atoms with Crippen LogP contribution in [0.4, 0.5) is 5.82 Å². The van der Waals surface area contributed by atoms with Crippen LogP contribution >= 0.6 is 0 Å². The second-order valence-electron chi connectivity index (χ2n) is 7.39. The fourth-order valence-electron chi connectivity index (χ4n) is 4.30. The summed E-state index contributed by atoms with van der Waals surface area (Å²) in [7, 11) is -3.57. The molecule has 0 radical (unpaired) electrons. The van der Waals surface area contributed by atoms with Gasteiger partial charge in [-0.1, -0.05) is 60.7 Å². The maximum absolute atomic E-state index is 13.5. The Labute approximate surface area is 170 Å². The average Bonchev–Trinajstić information content (AvgIpc) is 3.17. The molecule has 0 bridgehead atoms. The van der Waals surface area contributed by atoms with Gasteiger partial charge in [-0.05, 0) is 28.8 Å². The standard InChI is InChI=1S/C23H21N3O2S/c27-29(28,16-17-7-2-1-3-8-17)26-14-12-18-9-4-5-10-19(18)22(26)21-15-25-23-20(21)11-6-13-24-23/h1-14,21-22H,15-16H2,(H,24,25). The zero-order chi connectivity index (χ0) is 19.8. The second-order valence-corrected chi connectivity index (χ2v) is 9.26. The van der Waals surface area contributed by atoms with E-state index in [1.165, 1.54) is 0 Å². The third kappa shape index (κ3) is 3.19. The van der Waals surface area contributed by atoms with Crippen LogP contribution in [-0.2, 0) is 15.8 Å². The Morgan fingerprint density at radius 3 is 2.59 bits per heavy atom. The maximum atomic E-state index is 13.5. The van der Waals surface area contributed by atoms with Gasteiger partial charge in [-0.2, -0.15) is 0 Å². The lowest BCUT2D eigenvalue weighted by molar-refractivity contribution is 0.359. The zero-order valence-electron chi connectivity index (χ0n) is 15.8. The summed E-state index contributed by atoms with van der Waals surface area (Å²) in [6, 6.07) is 21.0. The van der Waals surface area contributed by atoms with Crippen LogP contribution in [0, 0.1) is 0 Å². The molecular weight excluding hydrogens is 382 g/mol. The van der Waals surface area contributed by atoms with Gasteiger partial charge in [-0.15, -0.1) is 0 Å². The predicted molar refractivity (Wildman–Crippen MR) is 115 cm³/mol. The summed E-state index contributed by atoms with van der Waals surface area (Å²) in [5, 5.41) is 3.34. The maximum Gasteiger partial charge on any atom is 0.239 e. The van der Waals surface area contributed by atoms with E-state index in [0.29, 0.717) is 6.54 Å². The Bertz CT molecular complexity index is 1180. The summed E-state index contributed by atoms with van der Waals surface area (Å²) < 4.78 is 28.5.